The van der Waals surface area contributed by atoms with Crippen molar-refractivity contribution in [1.29, 1.82) is 0 Å². The number of carboxylic acids is 1. The first kappa shape index (κ1) is 16.3. The van der Waals surface area contributed by atoms with Crippen molar-refractivity contribution in [3.63, 3.8) is 0 Å². The highest BCUT2D eigenvalue weighted by molar-refractivity contribution is 5.77. The van der Waals surface area contributed by atoms with Crippen LogP contribution in [0, 0.1) is 11.8 Å². The van der Waals surface area contributed by atoms with Crippen molar-refractivity contribution < 1.29 is 29.0 Å². The summed E-state index contributed by atoms with van der Waals surface area (Å²) in [5, 5.41) is 9.17. The number of aliphatic carboxylic acids is 1. The van der Waals surface area contributed by atoms with Gasteiger partial charge in [-0.2, -0.15) is 0 Å². The molecule has 1 N–H and O–H groups in total. The molecular formula is C13H21NO6. The van der Waals surface area contributed by atoms with Gasteiger partial charge in [-0.15, -0.1) is 0 Å². The number of amides is 1. The van der Waals surface area contributed by atoms with Crippen molar-refractivity contribution in [3.05, 3.63) is 0 Å². The Bertz CT molecular complexity index is 400. The third-order valence-corrected chi connectivity index (χ3v) is 3.07. The van der Waals surface area contributed by atoms with E-state index in [0.29, 0.717) is 0 Å². The summed E-state index contributed by atoms with van der Waals surface area (Å²) >= 11 is 0. The zero-order valence-corrected chi connectivity index (χ0v) is 12.2. The lowest BCUT2D eigenvalue weighted by atomic mass is 9.93. The van der Waals surface area contributed by atoms with Crippen molar-refractivity contribution in [2.45, 2.75) is 32.8 Å². The van der Waals surface area contributed by atoms with Gasteiger partial charge in [-0.1, -0.05) is 0 Å². The molecule has 20 heavy (non-hydrogen) atoms. The normalized spacial score (nSPS) is 22.5. The summed E-state index contributed by atoms with van der Waals surface area (Å²) in [6, 6.07) is 0. The SMILES string of the molecule is COC(=O)CC1CN(C(=O)OC(C)(C)C)CC1C(=O)O. The van der Waals surface area contributed by atoms with Gasteiger partial charge in [0.2, 0.25) is 0 Å². The van der Waals surface area contributed by atoms with E-state index in [4.69, 9.17) is 4.74 Å². The first-order valence-corrected chi connectivity index (χ1v) is 6.41. The molecule has 0 spiro atoms. The molecule has 7 heteroatoms. The van der Waals surface area contributed by atoms with Gasteiger partial charge in [0.15, 0.2) is 0 Å². The predicted molar refractivity (Wildman–Crippen MR) is 69.1 cm³/mol. The smallest absolute Gasteiger partial charge is 0.410 e. The van der Waals surface area contributed by atoms with Crippen LogP contribution in [0.1, 0.15) is 27.2 Å². The van der Waals surface area contributed by atoms with Gasteiger partial charge < -0.3 is 19.5 Å². The molecule has 1 heterocycles. The number of nitrogens with zero attached hydrogens (tertiary/aromatic N) is 1. The van der Waals surface area contributed by atoms with Gasteiger partial charge in [-0.3, -0.25) is 9.59 Å². The molecule has 1 amide bonds. The van der Waals surface area contributed by atoms with E-state index in [0.717, 1.165) is 0 Å². The van der Waals surface area contributed by atoms with Gasteiger partial charge in [-0.05, 0) is 20.8 Å². The standard InChI is InChI=1S/C13H21NO6/c1-13(2,3)20-12(18)14-6-8(5-10(15)19-4)9(7-14)11(16)17/h8-9H,5-7H2,1-4H3,(H,16,17). The van der Waals surface area contributed by atoms with Crippen LogP contribution in [0.25, 0.3) is 0 Å². The van der Waals surface area contributed by atoms with Gasteiger partial charge in [0.25, 0.3) is 0 Å². The number of rotatable bonds is 3. The fourth-order valence-electron chi connectivity index (χ4n) is 2.13. The number of hydrogen-bond donors (Lipinski definition) is 1. The quantitative estimate of drug-likeness (QED) is 0.782. The van der Waals surface area contributed by atoms with E-state index >= 15 is 0 Å². The number of carboxylic acid groups (broad SMARTS) is 1. The Balaban J connectivity index is 2.72. The number of hydrogen-bond acceptors (Lipinski definition) is 5. The molecule has 1 aliphatic rings. The van der Waals surface area contributed by atoms with Crippen LogP contribution in [0.4, 0.5) is 4.79 Å². The monoisotopic (exact) mass is 287 g/mol. The lowest BCUT2D eigenvalue weighted by molar-refractivity contribution is -0.145. The lowest BCUT2D eigenvalue weighted by Gasteiger charge is -2.24. The van der Waals surface area contributed by atoms with E-state index in [9.17, 15) is 19.5 Å². The molecule has 0 saturated carbocycles. The fraction of sp³-hybridized carbons (Fsp3) is 0.769. The fourth-order valence-corrected chi connectivity index (χ4v) is 2.13. The minimum absolute atomic E-state index is 0.0211. The largest absolute Gasteiger partial charge is 0.481 e. The highest BCUT2D eigenvalue weighted by atomic mass is 16.6. The molecule has 0 bridgehead atoms. The molecule has 2 atom stereocenters. The second-order valence-electron chi connectivity index (χ2n) is 5.87. The van der Waals surface area contributed by atoms with Crippen molar-refractivity contribution in [1.82, 2.24) is 4.90 Å². The Morgan fingerprint density at radius 3 is 2.30 bits per heavy atom. The lowest BCUT2D eigenvalue weighted by Crippen LogP contribution is -2.36. The van der Waals surface area contributed by atoms with Crippen molar-refractivity contribution in [2.24, 2.45) is 11.8 Å². The van der Waals surface area contributed by atoms with Crippen molar-refractivity contribution in [2.75, 3.05) is 20.2 Å². The first-order valence-electron chi connectivity index (χ1n) is 6.41. The summed E-state index contributed by atoms with van der Waals surface area (Å²) in [4.78, 5) is 35.8. The molecule has 0 aromatic heterocycles. The molecule has 0 aliphatic carbocycles. The number of ether oxygens (including phenoxy) is 2. The van der Waals surface area contributed by atoms with E-state index in [2.05, 4.69) is 4.74 Å². The second kappa shape index (κ2) is 6.11. The number of carbonyl (C=O) groups excluding carboxylic acids is 2. The zero-order valence-electron chi connectivity index (χ0n) is 12.2. The van der Waals surface area contributed by atoms with Crippen LogP contribution < -0.4 is 0 Å². The zero-order chi connectivity index (χ0) is 15.5. The van der Waals surface area contributed by atoms with Crippen LogP contribution in [0.15, 0.2) is 0 Å². The average Bonchev–Trinajstić information content (AvgIpc) is 2.70. The van der Waals surface area contributed by atoms with Gasteiger partial charge in [0.1, 0.15) is 5.60 Å². The summed E-state index contributed by atoms with van der Waals surface area (Å²) in [6.45, 7) is 5.44. The number of likely N-dealkylation sites (tertiary alicyclic amines) is 1. The second-order valence-corrected chi connectivity index (χ2v) is 5.87. The summed E-state index contributed by atoms with van der Waals surface area (Å²) in [7, 11) is 1.25. The Labute approximate surface area is 117 Å². The Hall–Kier alpha value is -1.79. The van der Waals surface area contributed by atoms with Crippen LogP contribution >= 0.6 is 0 Å². The molecule has 0 aromatic carbocycles. The molecule has 114 valence electrons. The van der Waals surface area contributed by atoms with Gasteiger partial charge in [-0.25, -0.2) is 4.79 Å². The third-order valence-electron chi connectivity index (χ3n) is 3.07. The maximum absolute atomic E-state index is 11.9. The molecule has 0 radical (unpaired) electrons. The first-order chi connectivity index (χ1) is 9.14. The minimum atomic E-state index is -1.02. The van der Waals surface area contributed by atoms with Crippen molar-refractivity contribution in [3.8, 4) is 0 Å². The van der Waals surface area contributed by atoms with E-state index in [1.165, 1.54) is 12.0 Å². The van der Waals surface area contributed by atoms with Gasteiger partial charge in [0.05, 0.1) is 19.4 Å². The van der Waals surface area contributed by atoms with Crippen molar-refractivity contribution >= 4 is 18.0 Å². The molecule has 0 aromatic rings. The minimum Gasteiger partial charge on any atom is -0.481 e. The molecule has 7 nitrogen and oxygen atoms in total. The summed E-state index contributed by atoms with van der Waals surface area (Å²) in [5.74, 6) is -2.73. The van der Waals surface area contributed by atoms with Gasteiger partial charge >= 0.3 is 18.0 Å². The number of esters is 1. The average molecular weight is 287 g/mol. The molecule has 2 unspecified atom stereocenters. The van der Waals surface area contributed by atoms with Crippen LogP contribution in [0.5, 0.6) is 0 Å². The van der Waals surface area contributed by atoms with E-state index in [1.807, 2.05) is 0 Å². The predicted octanol–water partition coefficient (Wildman–Crippen LogP) is 1.12. The molecule has 1 rings (SSSR count). The third kappa shape index (κ3) is 4.40. The molecule has 1 fully saturated rings. The van der Waals surface area contributed by atoms with Gasteiger partial charge in [0, 0.05) is 19.0 Å². The van der Waals surface area contributed by atoms with E-state index in [1.54, 1.807) is 20.8 Å². The highest BCUT2D eigenvalue weighted by Crippen LogP contribution is 2.28. The number of carbonyl (C=O) groups is 3. The Kier molecular flexibility index (Phi) is 4.97. The van der Waals surface area contributed by atoms with E-state index < -0.39 is 35.5 Å². The summed E-state index contributed by atoms with van der Waals surface area (Å²) in [5.41, 5.74) is -0.643. The van der Waals surface area contributed by atoms with E-state index in [-0.39, 0.29) is 19.5 Å². The summed E-state index contributed by atoms with van der Waals surface area (Å²) < 4.78 is 9.76. The van der Waals surface area contributed by atoms with Crippen LogP contribution in [-0.2, 0) is 19.1 Å². The van der Waals surface area contributed by atoms with Crippen LogP contribution in [-0.4, -0.2) is 53.8 Å². The topological polar surface area (TPSA) is 93.1 Å². The number of methoxy groups -OCH3 is 1. The molecule has 1 aliphatic heterocycles. The molecular weight excluding hydrogens is 266 g/mol. The Morgan fingerprint density at radius 1 is 1.25 bits per heavy atom. The van der Waals surface area contributed by atoms with Crippen LogP contribution in [0.3, 0.4) is 0 Å². The summed E-state index contributed by atoms with van der Waals surface area (Å²) in [6.07, 6.45) is -0.580. The molecule has 1 saturated heterocycles. The highest BCUT2D eigenvalue weighted by Gasteiger charge is 2.42. The Morgan fingerprint density at radius 2 is 1.85 bits per heavy atom. The van der Waals surface area contributed by atoms with Crippen LogP contribution in [0.2, 0.25) is 0 Å². The maximum Gasteiger partial charge on any atom is 0.410 e. The maximum atomic E-state index is 11.9.